The quantitative estimate of drug-likeness (QED) is 0.614. The summed E-state index contributed by atoms with van der Waals surface area (Å²) < 4.78 is 2.58. The van der Waals surface area contributed by atoms with Crippen molar-refractivity contribution in [1.29, 1.82) is 0 Å². The molecule has 0 aliphatic carbocycles. The van der Waals surface area contributed by atoms with E-state index in [1.54, 1.807) is 4.68 Å². The number of anilines is 1. The minimum Gasteiger partial charge on any atom is -0.322 e. The van der Waals surface area contributed by atoms with Crippen LogP contribution in [0.15, 0.2) is 30.3 Å². The van der Waals surface area contributed by atoms with Gasteiger partial charge in [0, 0.05) is 23.9 Å². The van der Waals surface area contributed by atoms with Crippen molar-refractivity contribution in [2.75, 3.05) is 5.32 Å². The summed E-state index contributed by atoms with van der Waals surface area (Å²) in [6.07, 6.45) is -0.134. The van der Waals surface area contributed by atoms with Crippen molar-refractivity contribution in [1.82, 2.24) is 25.4 Å². The zero-order valence-corrected chi connectivity index (χ0v) is 17.6. The summed E-state index contributed by atoms with van der Waals surface area (Å²) in [6, 6.07) is 9.49. The fraction of sp³-hybridized carbons (Fsp3) is 0.400. The molecule has 8 nitrogen and oxygen atoms in total. The van der Waals surface area contributed by atoms with Crippen LogP contribution in [0.4, 0.5) is 5.82 Å². The van der Waals surface area contributed by atoms with E-state index in [0.29, 0.717) is 17.2 Å². The van der Waals surface area contributed by atoms with Gasteiger partial charge in [0.15, 0.2) is 11.3 Å². The SMILES string of the molecule is CC1CC(=O)NC(n2nc(C(C)(C)C)cc2NC(=O)c2nc3ccccc3s2)N1. The van der Waals surface area contributed by atoms with Gasteiger partial charge in [-0.1, -0.05) is 32.9 Å². The molecule has 1 aliphatic heterocycles. The highest BCUT2D eigenvalue weighted by Gasteiger charge is 2.29. The first-order valence-electron chi connectivity index (χ1n) is 9.53. The lowest BCUT2D eigenvalue weighted by atomic mass is 9.92. The van der Waals surface area contributed by atoms with Gasteiger partial charge in [0.1, 0.15) is 5.82 Å². The Morgan fingerprint density at radius 2 is 2.07 bits per heavy atom. The van der Waals surface area contributed by atoms with Gasteiger partial charge in [-0.2, -0.15) is 5.10 Å². The van der Waals surface area contributed by atoms with Crippen molar-refractivity contribution < 1.29 is 9.59 Å². The van der Waals surface area contributed by atoms with Gasteiger partial charge in [-0.05, 0) is 19.1 Å². The number of fused-ring (bicyclic) bond motifs is 1. The van der Waals surface area contributed by atoms with Gasteiger partial charge >= 0.3 is 0 Å². The summed E-state index contributed by atoms with van der Waals surface area (Å²) in [7, 11) is 0. The summed E-state index contributed by atoms with van der Waals surface area (Å²) in [5, 5.41) is 14.2. The molecule has 152 valence electrons. The van der Waals surface area contributed by atoms with E-state index in [0.717, 1.165) is 15.9 Å². The van der Waals surface area contributed by atoms with Gasteiger partial charge in [0.25, 0.3) is 5.91 Å². The lowest BCUT2D eigenvalue weighted by Crippen LogP contribution is -2.52. The molecule has 0 radical (unpaired) electrons. The average molecular weight is 413 g/mol. The molecule has 4 rings (SSSR count). The molecule has 3 N–H and O–H groups in total. The van der Waals surface area contributed by atoms with Crippen LogP contribution < -0.4 is 16.0 Å². The number of carbonyl (C=O) groups excluding carboxylic acids is 2. The number of benzene rings is 1. The molecular formula is C20H24N6O2S. The van der Waals surface area contributed by atoms with Crippen LogP contribution in [0.5, 0.6) is 0 Å². The Bertz CT molecular complexity index is 1050. The molecule has 2 aromatic heterocycles. The highest BCUT2D eigenvalue weighted by atomic mass is 32.1. The monoisotopic (exact) mass is 412 g/mol. The van der Waals surface area contributed by atoms with Crippen molar-refractivity contribution >= 4 is 39.2 Å². The third-order valence-electron chi connectivity index (χ3n) is 4.71. The van der Waals surface area contributed by atoms with Crippen LogP contribution in [0, 0.1) is 0 Å². The van der Waals surface area contributed by atoms with Gasteiger partial charge in [-0.3, -0.25) is 14.9 Å². The molecule has 0 saturated carbocycles. The average Bonchev–Trinajstić information content (AvgIpc) is 3.24. The third-order valence-corrected chi connectivity index (χ3v) is 5.75. The molecule has 2 atom stereocenters. The lowest BCUT2D eigenvalue weighted by Gasteiger charge is -2.30. The molecule has 1 fully saturated rings. The highest BCUT2D eigenvalue weighted by molar-refractivity contribution is 7.20. The van der Waals surface area contributed by atoms with E-state index >= 15 is 0 Å². The van der Waals surface area contributed by atoms with Crippen molar-refractivity contribution in [2.24, 2.45) is 0 Å². The van der Waals surface area contributed by atoms with E-state index in [1.807, 2.05) is 58.0 Å². The molecule has 2 amide bonds. The molecule has 3 aromatic rings. The van der Waals surface area contributed by atoms with E-state index in [1.165, 1.54) is 11.3 Å². The zero-order valence-electron chi connectivity index (χ0n) is 16.8. The molecule has 0 spiro atoms. The Balaban J connectivity index is 1.67. The topological polar surface area (TPSA) is 101 Å². The number of hydrogen-bond acceptors (Lipinski definition) is 6. The van der Waals surface area contributed by atoms with Crippen LogP contribution in [0.25, 0.3) is 10.2 Å². The van der Waals surface area contributed by atoms with E-state index in [4.69, 9.17) is 0 Å². The number of nitrogens with zero attached hydrogens (tertiary/aromatic N) is 3. The van der Waals surface area contributed by atoms with Crippen LogP contribution in [0.3, 0.4) is 0 Å². The molecule has 2 unspecified atom stereocenters. The Hall–Kier alpha value is -2.78. The van der Waals surface area contributed by atoms with Crippen LogP contribution >= 0.6 is 11.3 Å². The van der Waals surface area contributed by atoms with Crippen LogP contribution in [-0.2, 0) is 10.2 Å². The van der Waals surface area contributed by atoms with Gasteiger partial charge in [0.2, 0.25) is 5.91 Å². The van der Waals surface area contributed by atoms with E-state index in [9.17, 15) is 9.59 Å². The number of carbonyl (C=O) groups is 2. The lowest BCUT2D eigenvalue weighted by molar-refractivity contribution is -0.125. The second-order valence-electron chi connectivity index (χ2n) is 8.29. The highest BCUT2D eigenvalue weighted by Crippen LogP contribution is 2.27. The van der Waals surface area contributed by atoms with Crippen LogP contribution in [0.1, 0.15) is 55.9 Å². The van der Waals surface area contributed by atoms with Crippen LogP contribution in [-0.4, -0.2) is 32.6 Å². The Morgan fingerprint density at radius 3 is 2.76 bits per heavy atom. The second-order valence-corrected chi connectivity index (χ2v) is 9.32. The summed E-state index contributed by atoms with van der Waals surface area (Å²) in [5.41, 5.74) is 1.39. The van der Waals surface area contributed by atoms with Crippen LogP contribution in [0.2, 0.25) is 0 Å². The van der Waals surface area contributed by atoms with E-state index in [-0.39, 0.29) is 23.3 Å². The minimum atomic E-state index is -0.534. The molecule has 0 bridgehead atoms. The van der Waals surface area contributed by atoms with E-state index in [2.05, 4.69) is 26.0 Å². The van der Waals surface area contributed by atoms with Crippen molar-refractivity contribution in [2.45, 2.75) is 51.9 Å². The van der Waals surface area contributed by atoms with Gasteiger partial charge in [0.05, 0.1) is 15.9 Å². The summed E-state index contributed by atoms with van der Waals surface area (Å²) >= 11 is 1.34. The summed E-state index contributed by atoms with van der Waals surface area (Å²) in [6.45, 7) is 8.09. The van der Waals surface area contributed by atoms with Gasteiger partial charge in [-0.25, -0.2) is 9.67 Å². The second kappa shape index (κ2) is 7.23. The molecular weight excluding hydrogens is 388 g/mol. The van der Waals surface area contributed by atoms with Gasteiger partial charge < -0.3 is 10.6 Å². The number of nitrogens with one attached hydrogen (secondary N) is 3. The number of hydrogen-bond donors (Lipinski definition) is 3. The molecule has 1 aromatic carbocycles. The first-order chi connectivity index (χ1) is 13.7. The molecule has 3 heterocycles. The maximum Gasteiger partial charge on any atom is 0.285 e. The predicted octanol–water partition coefficient (Wildman–Crippen LogP) is 3.00. The summed E-state index contributed by atoms with van der Waals surface area (Å²) in [5.74, 6) is 0.145. The maximum absolute atomic E-state index is 12.9. The number of amides is 2. The maximum atomic E-state index is 12.9. The zero-order chi connectivity index (χ0) is 20.8. The minimum absolute atomic E-state index is 0.00356. The van der Waals surface area contributed by atoms with E-state index < -0.39 is 6.29 Å². The standard InChI is InChI=1S/C20H24N6O2S/c1-11-9-16(27)24-19(21-11)26-15(10-14(25-26)20(2,3)4)23-17(28)18-22-12-7-5-6-8-13(12)29-18/h5-8,10-11,19,21H,9H2,1-4H3,(H,23,28)(H,24,27). The predicted molar refractivity (Wildman–Crippen MR) is 113 cm³/mol. The first kappa shape index (κ1) is 19.5. The van der Waals surface area contributed by atoms with Crippen molar-refractivity contribution in [3.63, 3.8) is 0 Å². The number of thiazole rings is 1. The fourth-order valence-corrected chi connectivity index (χ4v) is 4.04. The number of aromatic nitrogens is 3. The largest absolute Gasteiger partial charge is 0.322 e. The first-order valence-corrected chi connectivity index (χ1v) is 10.3. The molecule has 1 saturated heterocycles. The van der Waals surface area contributed by atoms with Crippen molar-refractivity contribution in [3.05, 3.63) is 41.0 Å². The molecule has 9 heteroatoms. The van der Waals surface area contributed by atoms with Crippen molar-refractivity contribution in [3.8, 4) is 0 Å². The molecule has 29 heavy (non-hydrogen) atoms. The Kier molecular flexibility index (Phi) is 4.87. The number of rotatable bonds is 3. The Labute approximate surface area is 172 Å². The summed E-state index contributed by atoms with van der Waals surface area (Å²) in [4.78, 5) is 29.3. The Morgan fingerprint density at radius 1 is 1.31 bits per heavy atom. The number of para-hydroxylation sites is 1. The fourth-order valence-electron chi connectivity index (χ4n) is 3.18. The normalized spacial score (nSPS) is 19.9. The molecule has 1 aliphatic rings. The third kappa shape index (κ3) is 4.01. The van der Waals surface area contributed by atoms with Gasteiger partial charge in [-0.15, -0.1) is 11.3 Å². The smallest absolute Gasteiger partial charge is 0.285 e.